The SMILES string of the molecule is CCC(C)(C)c1ccc(OCC(=O)Nc2ccc(C(=O)[O-])cc2)cc1. The van der Waals surface area contributed by atoms with Crippen molar-refractivity contribution in [1.29, 1.82) is 0 Å². The summed E-state index contributed by atoms with van der Waals surface area (Å²) in [6.07, 6.45) is 1.03. The third-order valence-corrected chi connectivity index (χ3v) is 4.29. The molecule has 0 aliphatic rings. The van der Waals surface area contributed by atoms with Gasteiger partial charge in [0.2, 0.25) is 0 Å². The molecule has 5 heteroatoms. The van der Waals surface area contributed by atoms with Gasteiger partial charge in [-0.05, 0) is 47.2 Å². The number of rotatable bonds is 7. The van der Waals surface area contributed by atoms with Crippen LogP contribution >= 0.6 is 0 Å². The summed E-state index contributed by atoms with van der Waals surface area (Å²) in [6.45, 7) is 6.39. The lowest BCUT2D eigenvalue weighted by molar-refractivity contribution is -0.255. The number of hydrogen-bond acceptors (Lipinski definition) is 4. The first kappa shape index (κ1) is 18.5. The van der Waals surface area contributed by atoms with E-state index in [1.165, 1.54) is 29.8 Å². The number of anilines is 1. The molecule has 0 heterocycles. The quantitative estimate of drug-likeness (QED) is 0.840. The third-order valence-electron chi connectivity index (χ3n) is 4.29. The van der Waals surface area contributed by atoms with Gasteiger partial charge in [-0.25, -0.2) is 0 Å². The monoisotopic (exact) mass is 340 g/mol. The molecule has 0 bridgehead atoms. The van der Waals surface area contributed by atoms with Gasteiger partial charge in [-0.3, -0.25) is 4.79 Å². The van der Waals surface area contributed by atoms with Gasteiger partial charge in [0.15, 0.2) is 6.61 Å². The van der Waals surface area contributed by atoms with E-state index < -0.39 is 5.97 Å². The standard InChI is InChI=1S/C20H23NO4/c1-4-20(2,3)15-7-11-17(12-8-15)25-13-18(22)21-16-9-5-14(6-10-16)19(23)24/h5-12H,4,13H2,1-3H3,(H,21,22)(H,23,24)/p-1. The molecule has 1 amide bonds. The van der Waals surface area contributed by atoms with E-state index in [1.54, 1.807) is 0 Å². The Balaban J connectivity index is 1.88. The van der Waals surface area contributed by atoms with E-state index in [9.17, 15) is 14.7 Å². The van der Waals surface area contributed by atoms with E-state index in [0.717, 1.165) is 6.42 Å². The molecule has 2 aromatic rings. The lowest BCUT2D eigenvalue weighted by Gasteiger charge is -2.23. The molecule has 2 aromatic carbocycles. The molecule has 0 spiro atoms. The minimum absolute atomic E-state index is 0.0596. The van der Waals surface area contributed by atoms with E-state index in [2.05, 4.69) is 26.1 Å². The first-order chi connectivity index (χ1) is 11.8. The Kier molecular flexibility index (Phi) is 5.80. The van der Waals surface area contributed by atoms with Crippen LogP contribution in [0.25, 0.3) is 0 Å². The van der Waals surface area contributed by atoms with Crippen LogP contribution in [0.2, 0.25) is 0 Å². The van der Waals surface area contributed by atoms with Gasteiger partial charge in [0.1, 0.15) is 5.75 Å². The molecule has 0 saturated carbocycles. The Morgan fingerprint density at radius 2 is 1.64 bits per heavy atom. The van der Waals surface area contributed by atoms with Crippen LogP contribution in [0.5, 0.6) is 5.75 Å². The van der Waals surface area contributed by atoms with Gasteiger partial charge >= 0.3 is 0 Å². The summed E-state index contributed by atoms with van der Waals surface area (Å²) < 4.78 is 5.49. The maximum atomic E-state index is 11.9. The second-order valence-electron chi connectivity index (χ2n) is 6.46. The Morgan fingerprint density at radius 3 is 2.16 bits per heavy atom. The van der Waals surface area contributed by atoms with Crippen molar-refractivity contribution in [1.82, 2.24) is 0 Å². The van der Waals surface area contributed by atoms with Crippen LogP contribution in [-0.2, 0) is 10.2 Å². The van der Waals surface area contributed by atoms with E-state index in [-0.39, 0.29) is 23.5 Å². The van der Waals surface area contributed by atoms with Gasteiger partial charge in [0.05, 0.1) is 5.97 Å². The number of benzene rings is 2. The van der Waals surface area contributed by atoms with Gasteiger partial charge in [-0.1, -0.05) is 45.0 Å². The number of ether oxygens (including phenoxy) is 1. The zero-order valence-corrected chi connectivity index (χ0v) is 14.7. The largest absolute Gasteiger partial charge is 0.545 e. The van der Waals surface area contributed by atoms with Crippen molar-refractivity contribution in [3.05, 3.63) is 59.7 Å². The molecule has 0 aliphatic carbocycles. The highest BCUT2D eigenvalue weighted by Gasteiger charge is 2.17. The fraction of sp³-hybridized carbons (Fsp3) is 0.300. The number of carbonyl (C=O) groups excluding carboxylic acids is 2. The minimum Gasteiger partial charge on any atom is -0.545 e. The highest BCUT2D eigenvalue weighted by Crippen LogP contribution is 2.28. The van der Waals surface area contributed by atoms with Gasteiger partial charge in [-0.15, -0.1) is 0 Å². The smallest absolute Gasteiger partial charge is 0.262 e. The van der Waals surface area contributed by atoms with Crippen molar-refractivity contribution in [3.8, 4) is 5.75 Å². The van der Waals surface area contributed by atoms with Crippen LogP contribution in [0.3, 0.4) is 0 Å². The number of nitrogens with one attached hydrogen (secondary N) is 1. The average Bonchev–Trinajstić information content (AvgIpc) is 2.61. The first-order valence-corrected chi connectivity index (χ1v) is 8.16. The molecule has 5 nitrogen and oxygen atoms in total. The molecule has 0 fully saturated rings. The Bertz CT molecular complexity index is 733. The van der Waals surface area contributed by atoms with Gasteiger partial charge < -0.3 is 20.0 Å². The predicted octanol–water partition coefficient (Wildman–Crippen LogP) is 2.76. The molecule has 0 aliphatic heterocycles. The van der Waals surface area contributed by atoms with E-state index in [4.69, 9.17) is 4.74 Å². The molecule has 0 saturated heterocycles. The summed E-state index contributed by atoms with van der Waals surface area (Å²) in [5.74, 6) is -0.951. The normalized spacial score (nSPS) is 11.0. The van der Waals surface area contributed by atoms with Crippen molar-refractivity contribution in [2.75, 3.05) is 11.9 Å². The Labute approximate surface area is 147 Å². The minimum atomic E-state index is -1.25. The van der Waals surface area contributed by atoms with E-state index in [0.29, 0.717) is 11.4 Å². The molecule has 1 N–H and O–H groups in total. The molecule has 0 unspecified atom stereocenters. The highest BCUT2D eigenvalue weighted by atomic mass is 16.5. The number of amides is 1. The maximum absolute atomic E-state index is 11.9. The molecule has 0 atom stereocenters. The number of hydrogen-bond donors (Lipinski definition) is 1. The number of carbonyl (C=O) groups is 2. The summed E-state index contributed by atoms with van der Waals surface area (Å²) in [5.41, 5.74) is 1.89. The summed E-state index contributed by atoms with van der Waals surface area (Å²) in [6, 6.07) is 13.5. The molecule has 2 rings (SSSR count). The summed E-state index contributed by atoms with van der Waals surface area (Å²) in [7, 11) is 0. The summed E-state index contributed by atoms with van der Waals surface area (Å²) in [5, 5.41) is 13.3. The predicted molar refractivity (Wildman–Crippen MR) is 94.7 cm³/mol. The fourth-order valence-corrected chi connectivity index (χ4v) is 2.24. The lowest BCUT2D eigenvalue weighted by Crippen LogP contribution is -2.22. The van der Waals surface area contributed by atoms with E-state index in [1.807, 2.05) is 24.3 Å². The van der Waals surface area contributed by atoms with Crippen molar-refractivity contribution in [3.63, 3.8) is 0 Å². The van der Waals surface area contributed by atoms with Crippen LogP contribution in [0.1, 0.15) is 43.1 Å². The first-order valence-electron chi connectivity index (χ1n) is 8.16. The summed E-state index contributed by atoms with van der Waals surface area (Å²) in [4.78, 5) is 22.6. The van der Waals surface area contributed by atoms with Gasteiger partial charge in [0, 0.05) is 5.69 Å². The average molecular weight is 340 g/mol. The zero-order chi connectivity index (χ0) is 18.4. The molecule has 0 radical (unpaired) electrons. The highest BCUT2D eigenvalue weighted by molar-refractivity contribution is 5.93. The maximum Gasteiger partial charge on any atom is 0.262 e. The zero-order valence-electron chi connectivity index (χ0n) is 14.7. The van der Waals surface area contributed by atoms with E-state index >= 15 is 0 Å². The van der Waals surface area contributed by atoms with Crippen LogP contribution in [0.15, 0.2) is 48.5 Å². The van der Waals surface area contributed by atoms with Gasteiger partial charge in [-0.2, -0.15) is 0 Å². The second-order valence-corrected chi connectivity index (χ2v) is 6.46. The molecule has 25 heavy (non-hydrogen) atoms. The number of carboxylic acids is 1. The van der Waals surface area contributed by atoms with Gasteiger partial charge in [0.25, 0.3) is 5.91 Å². The van der Waals surface area contributed by atoms with Crippen LogP contribution in [0, 0.1) is 0 Å². The van der Waals surface area contributed by atoms with Crippen LogP contribution < -0.4 is 15.2 Å². The molecular formula is C20H22NO4-. The number of aromatic carboxylic acids is 1. The second kappa shape index (κ2) is 7.83. The van der Waals surface area contributed by atoms with Crippen molar-refractivity contribution in [2.45, 2.75) is 32.6 Å². The topological polar surface area (TPSA) is 78.5 Å². The summed E-state index contributed by atoms with van der Waals surface area (Å²) >= 11 is 0. The fourth-order valence-electron chi connectivity index (χ4n) is 2.24. The lowest BCUT2D eigenvalue weighted by atomic mass is 9.82. The Morgan fingerprint density at radius 1 is 1.04 bits per heavy atom. The Hall–Kier alpha value is -2.82. The van der Waals surface area contributed by atoms with Crippen LogP contribution in [0.4, 0.5) is 5.69 Å². The van der Waals surface area contributed by atoms with Crippen molar-refractivity contribution >= 4 is 17.6 Å². The molecular weight excluding hydrogens is 318 g/mol. The van der Waals surface area contributed by atoms with Crippen molar-refractivity contribution in [2.24, 2.45) is 0 Å². The molecule has 132 valence electrons. The molecule has 0 aromatic heterocycles. The van der Waals surface area contributed by atoms with Crippen LogP contribution in [-0.4, -0.2) is 18.5 Å². The number of carboxylic acid groups (broad SMARTS) is 1. The van der Waals surface area contributed by atoms with Crippen molar-refractivity contribution < 1.29 is 19.4 Å². The third kappa shape index (κ3) is 5.08.